The van der Waals surface area contributed by atoms with Gasteiger partial charge < -0.3 is 9.80 Å². The molecular formula is C63H68N2Si2. The summed E-state index contributed by atoms with van der Waals surface area (Å²) in [5, 5.41) is 5.48. The molecule has 0 bridgehead atoms. The van der Waals surface area contributed by atoms with E-state index in [2.05, 4.69) is 219 Å². The lowest BCUT2D eigenvalue weighted by Gasteiger charge is -2.52. The van der Waals surface area contributed by atoms with E-state index < -0.39 is 16.1 Å². The summed E-state index contributed by atoms with van der Waals surface area (Å²) >= 11 is 0. The molecule has 67 heavy (non-hydrogen) atoms. The maximum Gasteiger partial charge on any atom is 0.0579 e. The highest BCUT2D eigenvalue weighted by Gasteiger charge is 2.60. The molecule has 0 aromatic heterocycles. The Labute approximate surface area is 402 Å². The van der Waals surface area contributed by atoms with Gasteiger partial charge in [-0.25, -0.2) is 0 Å². The smallest absolute Gasteiger partial charge is 0.0579 e. The summed E-state index contributed by atoms with van der Waals surface area (Å²) in [7, 11) is -4.05. The van der Waals surface area contributed by atoms with E-state index in [4.69, 9.17) is 0 Å². The molecule has 2 fully saturated rings. The maximum absolute atomic E-state index is 2.66. The number of hydrogen-bond acceptors (Lipinski definition) is 2. The van der Waals surface area contributed by atoms with Crippen LogP contribution in [0.5, 0.6) is 0 Å². The Balaban J connectivity index is 1.04. The molecule has 2 saturated carbocycles. The molecule has 4 heteroatoms. The number of para-hydroxylation sites is 2. The van der Waals surface area contributed by atoms with Crippen molar-refractivity contribution >= 4 is 71.8 Å². The highest BCUT2D eigenvalue weighted by molar-refractivity contribution is 7.00. The fourth-order valence-corrected chi connectivity index (χ4v) is 26.7. The van der Waals surface area contributed by atoms with Crippen molar-refractivity contribution in [2.75, 3.05) is 9.80 Å². The van der Waals surface area contributed by atoms with Gasteiger partial charge in [0, 0.05) is 38.8 Å². The first kappa shape index (κ1) is 43.9. The number of hydrogen-bond donors (Lipinski definition) is 0. The highest BCUT2D eigenvalue weighted by Crippen LogP contribution is 2.61. The largest absolute Gasteiger partial charge is 0.310 e. The predicted octanol–water partition coefficient (Wildman–Crippen LogP) is 19.0. The normalized spacial score (nSPS) is 16.5. The van der Waals surface area contributed by atoms with Gasteiger partial charge in [0.25, 0.3) is 0 Å². The molecule has 3 aliphatic rings. The van der Waals surface area contributed by atoms with E-state index in [0.717, 1.165) is 0 Å². The Morgan fingerprint density at radius 3 is 1.06 bits per heavy atom. The van der Waals surface area contributed by atoms with E-state index in [-0.39, 0.29) is 4.66 Å². The van der Waals surface area contributed by atoms with Crippen molar-refractivity contribution in [1.82, 2.24) is 0 Å². The van der Waals surface area contributed by atoms with Crippen LogP contribution in [0, 0.1) is 0 Å². The first-order chi connectivity index (χ1) is 32.5. The molecule has 8 aromatic rings. The number of rotatable bonds is 10. The zero-order valence-corrected chi connectivity index (χ0v) is 42.8. The molecule has 2 nitrogen and oxygen atoms in total. The third-order valence-electron chi connectivity index (χ3n) is 16.3. The first-order valence-corrected chi connectivity index (χ1v) is 32.6. The molecule has 8 aromatic carbocycles. The van der Waals surface area contributed by atoms with Gasteiger partial charge in [0.1, 0.15) is 0 Å². The Bertz CT molecular complexity index is 2830. The minimum Gasteiger partial charge on any atom is -0.310 e. The van der Waals surface area contributed by atoms with Crippen LogP contribution in [0.3, 0.4) is 0 Å². The minimum absolute atomic E-state index is 0.0329. The molecule has 0 saturated heterocycles. The van der Waals surface area contributed by atoms with Crippen LogP contribution in [-0.4, -0.2) is 16.1 Å². The zero-order valence-electron chi connectivity index (χ0n) is 40.8. The molecule has 0 amide bonds. The Hall–Kier alpha value is -5.69. The third-order valence-corrected chi connectivity index (χ3v) is 26.3. The molecule has 11 rings (SSSR count). The predicted molar refractivity (Wildman–Crippen MR) is 295 cm³/mol. The molecule has 0 atom stereocenters. The van der Waals surface area contributed by atoms with E-state index in [0.29, 0.717) is 11.8 Å². The van der Waals surface area contributed by atoms with E-state index in [1.54, 1.807) is 11.1 Å². The van der Waals surface area contributed by atoms with Crippen molar-refractivity contribution in [3.8, 4) is 11.1 Å². The van der Waals surface area contributed by atoms with Crippen molar-refractivity contribution in [2.24, 2.45) is 0 Å². The second kappa shape index (κ2) is 17.4. The van der Waals surface area contributed by atoms with Gasteiger partial charge in [0.15, 0.2) is 0 Å². The van der Waals surface area contributed by atoms with Crippen molar-refractivity contribution in [3.05, 3.63) is 192 Å². The summed E-state index contributed by atoms with van der Waals surface area (Å²) in [5.41, 5.74) is 16.3. The number of benzene rings is 8. The molecule has 0 aliphatic heterocycles. The molecule has 0 N–H and O–H groups in total. The second-order valence-electron chi connectivity index (χ2n) is 22.2. The summed E-state index contributed by atoms with van der Waals surface area (Å²) in [4.78, 5) is 4.93. The van der Waals surface area contributed by atoms with Crippen LogP contribution in [0.15, 0.2) is 170 Å². The Morgan fingerprint density at radius 1 is 0.358 bits per heavy atom. The SMILES string of the molecule is C[Si](C)(C)C1([Si](C)(C)C)c2c(ccc3cc(N(c4ccccc4)c4ccc(C5CCCCC5)cc4)ccc23)-c2ccc3cc(N(c4ccccc4)c4ccc(C5CCCCC5)cc4)ccc3c21. The maximum atomic E-state index is 2.66. The average molecular weight is 909 g/mol. The lowest BCUT2D eigenvalue weighted by molar-refractivity contribution is 0.443. The lowest BCUT2D eigenvalue weighted by Crippen LogP contribution is -2.63. The van der Waals surface area contributed by atoms with Gasteiger partial charge in [-0.2, -0.15) is 0 Å². The van der Waals surface area contributed by atoms with E-state index in [1.165, 1.54) is 142 Å². The number of nitrogens with zero attached hydrogens (tertiary/aromatic N) is 2. The molecular weight excluding hydrogens is 841 g/mol. The second-order valence-corrected chi connectivity index (χ2v) is 33.2. The number of fused-ring (bicyclic) bond motifs is 7. The molecule has 0 spiro atoms. The van der Waals surface area contributed by atoms with E-state index in [9.17, 15) is 0 Å². The molecule has 0 unspecified atom stereocenters. The zero-order chi connectivity index (χ0) is 45.9. The van der Waals surface area contributed by atoms with Gasteiger partial charge in [-0.05, 0) is 165 Å². The van der Waals surface area contributed by atoms with Crippen molar-refractivity contribution in [1.29, 1.82) is 0 Å². The minimum atomic E-state index is -2.03. The van der Waals surface area contributed by atoms with Crippen LogP contribution in [0.4, 0.5) is 34.1 Å². The van der Waals surface area contributed by atoms with Crippen LogP contribution >= 0.6 is 0 Å². The summed E-state index contributed by atoms with van der Waals surface area (Å²) in [6.45, 7) is 16.0. The van der Waals surface area contributed by atoms with Gasteiger partial charge in [-0.3, -0.25) is 0 Å². The summed E-state index contributed by atoms with van der Waals surface area (Å²) in [6, 6.07) is 65.6. The van der Waals surface area contributed by atoms with Gasteiger partial charge in [0.05, 0.1) is 16.1 Å². The Morgan fingerprint density at radius 2 is 0.701 bits per heavy atom. The van der Waals surface area contributed by atoms with Crippen molar-refractivity contribution in [2.45, 2.75) is 120 Å². The summed E-state index contributed by atoms with van der Waals surface area (Å²) < 4.78 is -0.0329. The fourth-order valence-electron chi connectivity index (χ4n) is 13.6. The topological polar surface area (TPSA) is 6.48 Å². The van der Waals surface area contributed by atoms with Gasteiger partial charge in [-0.15, -0.1) is 0 Å². The third kappa shape index (κ3) is 7.60. The van der Waals surface area contributed by atoms with Crippen LogP contribution in [0.1, 0.15) is 98.3 Å². The molecule has 3 aliphatic carbocycles. The lowest BCUT2D eigenvalue weighted by atomic mass is 9.84. The first-order valence-electron chi connectivity index (χ1n) is 25.6. The number of anilines is 6. The van der Waals surface area contributed by atoms with E-state index >= 15 is 0 Å². The molecule has 0 radical (unpaired) electrons. The van der Waals surface area contributed by atoms with Crippen LogP contribution in [0.2, 0.25) is 39.3 Å². The van der Waals surface area contributed by atoms with Crippen molar-refractivity contribution in [3.63, 3.8) is 0 Å². The van der Waals surface area contributed by atoms with E-state index in [1.807, 2.05) is 0 Å². The average Bonchev–Trinajstić information content (AvgIpc) is 3.69. The van der Waals surface area contributed by atoms with Crippen LogP contribution < -0.4 is 9.80 Å². The fraction of sp³-hybridized carbons (Fsp3) is 0.302. The van der Waals surface area contributed by atoms with Gasteiger partial charge in [0.2, 0.25) is 0 Å². The van der Waals surface area contributed by atoms with Crippen molar-refractivity contribution < 1.29 is 0 Å². The molecule has 338 valence electrons. The summed E-state index contributed by atoms with van der Waals surface area (Å²) in [5.74, 6) is 1.38. The van der Waals surface area contributed by atoms with Gasteiger partial charge >= 0.3 is 0 Å². The van der Waals surface area contributed by atoms with Gasteiger partial charge in [-0.1, -0.05) is 175 Å². The van der Waals surface area contributed by atoms with Crippen LogP contribution in [-0.2, 0) is 4.66 Å². The van der Waals surface area contributed by atoms with Crippen LogP contribution in [0.25, 0.3) is 32.7 Å². The highest BCUT2D eigenvalue weighted by atomic mass is 28.4. The quantitative estimate of drug-likeness (QED) is 0.126. The summed E-state index contributed by atoms with van der Waals surface area (Å²) in [6.07, 6.45) is 13.4. The Kier molecular flexibility index (Phi) is 11.4. The molecule has 0 heterocycles. The standard InChI is InChI=1S/C63H68N2Si2/c1-66(2,3)63(67(4,5)6)61-57-41-37-55(64(51-23-15-9-16-24-51)53-33-27-47(28-34-53)45-19-11-7-12-20-45)43-49(57)31-39-59(61)60-40-32-50-44-56(38-42-58(50)62(60)63)65(52-25-17-10-18-26-52)54-35-29-48(30-36-54)46-21-13-8-14-22-46/h9-10,15-18,23-46H,7-8,11-14,19-22H2,1-6H3. The monoisotopic (exact) mass is 908 g/mol.